The number of benzene rings is 1. The van der Waals surface area contributed by atoms with Gasteiger partial charge in [-0.25, -0.2) is 4.39 Å². The van der Waals surface area contributed by atoms with Crippen molar-refractivity contribution in [1.29, 1.82) is 0 Å². The van der Waals surface area contributed by atoms with Crippen LogP contribution in [-0.2, 0) is 4.79 Å². The monoisotopic (exact) mass is 352 g/mol. The van der Waals surface area contributed by atoms with Gasteiger partial charge in [0.2, 0.25) is 5.91 Å². The standard InChI is InChI=1S/C18H25FN2O2S/c1-12(21-18(22)9-15-11-24-7-6-20-15)14-4-5-17(16(19)8-14)23-10-13-2-3-13/h4-5,8,12-13,15,20H,2-3,6-7,9-11H2,1H3,(H,21,22). The van der Waals surface area contributed by atoms with Crippen molar-refractivity contribution in [3.05, 3.63) is 29.6 Å². The minimum Gasteiger partial charge on any atom is -0.490 e. The Hall–Kier alpha value is -1.27. The Morgan fingerprint density at radius 1 is 1.50 bits per heavy atom. The molecule has 1 aromatic rings. The summed E-state index contributed by atoms with van der Waals surface area (Å²) in [5.41, 5.74) is 0.755. The number of hydrogen-bond acceptors (Lipinski definition) is 4. The summed E-state index contributed by atoms with van der Waals surface area (Å²) in [6, 6.07) is 4.95. The molecule has 3 rings (SSSR count). The molecule has 132 valence electrons. The molecule has 2 N–H and O–H groups in total. The number of amides is 1. The van der Waals surface area contributed by atoms with Gasteiger partial charge in [0.25, 0.3) is 0 Å². The highest BCUT2D eigenvalue weighted by Gasteiger charge is 2.23. The first-order valence-electron chi connectivity index (χ1n) is 8.64. The molecule has 24 heavy (non-hydrogen) atoms. The van der Waals surface area contributed by atoms with Crippen LogP contribution in [0.5, 0.6) is 5.75 Å². The van der Waals surface area contributed by atoms with Crippen molar-refractivity contribution in [3.63, 3.8) is 0 Å². The smallest absolute Gasteiger partial charge is 0.222 e. The number of carbonyl (C=O) groups is 1. The van der Waals surface area contributed by atoms with Gasteiger partial charge in [-0.15, -0.1) is 0 Å². The van der Waals surface area contributed by atoms with Gasteiger partial charge in [-0.3, -0.25) is 4.79 Å². The predicted molar refractivity (Wildman–Crippen MR) is 94.9 cm³/mol. The van der Waals surface area contributed by atoms with Crippen molar-refractivity contribution >= 4 is 17.7 Å². The van der Waals surface area contributed by atoms with Crippen LogP contribution in [0.1, 0.15) is 37.8 Å². The summed E-state index contributed by atoms with van der Waals surface area (Å²) in [5, 5.41) is 6.30. The third-order valence-corrected chi connectivity index (χ3v) is 5.57. The van der Waals surface area contributed by atoms with E-state index in [1.807, 2.05) is 24.8 Å². The molecule has 0 aromatic heterocycles. The highest BCUT2D eigenvalue weighted by Crippen LogP contribution is 2.30. The number of thioether (sulfide) groups is 1. The van der Waals surface area contributed by atoms with E-state index in [-0.39, 0.29) is 23.8 Å². The second-order valence-electron chi connectivity index (χ2n) is 6.66. The highest BCUT2D eigenvalue weighted by molar-refractivity contribution is 7.99. The predicted octanol–water partition coefficient (Wildman–Crippen LogP) is 2.89. The van der Waals surface area contributed by atoms with Crippen LogP contribution in [0.4, 0.5) is 4.39 Å². The first-order chi connectivity index (χ1) is 11.6. The highest BCUT2D eigenvalue weighted by atomic mass is 32.2. The van der Waals surface area contributed by atoms with E-state index in [1.54, 1.807) is 6.07 Å². The summed E-state index contributed by atoms with van der Waals surface area (Å²) in [5.74, 6) is 2.59. The number of rotatable bonds is 7. The van der Waals surface area contributed by atoms with Crippen LogP contribution in [-0.4, -0.2) is 36.6 Å². The molecule has 1 saturated carbocycles. The summed E-state index contributed by atoms with van der Waals surface area (Å²) in [7, 11) is 0. The maximum absolute atomic E-state index is 14.1. The number of hydrogen-bond donors (Lipinski definition) is 2. The first-order valence-corrected chi connectivity index (χ1v) is 9.80. The quantitative estimate of drug-likeness (QED) is 0.792. The Morgan fingerprint density at radius 2 is 2.33 bits per heavy atom. The molecule has 2 aliphatic rings. The maximum Gasteiger partial charge on any atom is 0.222 e. The summed E-state index contributed by atoms with van der Waals surface area (Å²) < 4.78 is 19.6. The zero-order valence-electron chi connectivity index (χ0n) is 14.0. The second-order valence-corrected chi connectivity index (χ2v) is 7.81. The van der Waals surface area contributed by atoms with Crippen molar-refractivity contribution in [2.45, 2.75) is 38.3 Å². The average molecular weight is 352 g/mol. The molecule has 0 spiro atoms. The lowest BCUT2D eigenvalue weighted by Gasteiger charge is -2.23. The molecule has 0 bridgehead atoms. The van der Waals surface area contributed by atoms with Crippen LogP contribution in [0.25, 0.3) is 0 Å². The van der Waals surface area contributed by atoms with Gasteiger partial charge in [0.1, 0.15) is 0 Å². The zero-order chi connectivity index (χ0) is 16.9. The van der Waals surface area contributed by atoms with E-state index in [0.717, 1.165) is 23.6 Å². The van der Waals surface area contributed by atoms with Crippen molar-refractivity contribution in [3.8, 4) is 5.75 Å². The molecule has 2 unspecified atom stereocenters. The molecular formula is C18H25FN2O2S. The Morgan fingerprint density at radius 3 is 3.00 bits per heavy atom. The Bertz CT molecular complexity index is 574. The first kappa shape index (κ1) is 17.5. The topological polar surface area (TPSA) is 50.4 Å². The van der Waals surface area contributed by atoms with Crippen molar-refractivity contribution in [2.75, 3.05) is 24.7 Å². The second kappa shape index (κ2) is 8.21. The van der Waals surface area contributed by atoms with Gasteiger partial charge in [0, 0.05) is 30.5 Å². The van der Waals surface area contributed by atoms with Crippen LogP contribution in [0.2, 0.25) is 0 Å². The zero-order valence-corrected chi connectivity index (χ0v) is 14.8. The van der Waals surface area contributed by atoms with Crippen LogP contribution >= 0.6 is 11.8 Å². The molecule has 2 atom stereocenters. The van der Waals surface area contributed by atoms with Gasteiger partial charge in [0.05, 0.1) is 12.6 Å². The molecule has 2 fully saturated rings. The van der Waals surface area contributed by atoms with Gasteiger partial charge in [0.15, 0.2) is 11.6 Å². The van der Waals surface area contributed by atoms with Crippen molar-refractivity contribution in [1.82, 2.24) is 10.6 Å². The van der Waals surface area contributed by atoms with Crippen LogP contribution < -0.4 is 15.4 Å². The van der Waals surface area contributed by atoms with Crippen molar-refractivity contribution < 1.29 is 13.9 Å². The maximum atomic E-state index is 14.1. The van der Waals surface area contributed by atoms with E-state index < -0.39 is 0 Å². The Labute approximate surface area is 146 Å². The normalized spacial score (nSPS) is 22.0. The lowest BCUT2D eigenvalue weighted by Crippen LogP contribution is -2.41. The number of halogens is 1. The van der Waals surface area contributed by atoms with Gasteiger partial charge in [-0.2, -0.15) is 11.8 Å². The van der Waals surface area contributed by atoms with Gasteiger partial charge in [-0.05, 0) is 43.4 Å². The molecule has 1 aliphatic carbocycles. The largest absolute Gasteiger partial charge is 0.490 e. The lowest BCUT2D eigenvalue weighted by atomic mass is 10.1. The van der Waals surface area contributed by atoms with E-state index in [4.69, 9.17) is 4.74 Å². The van der Waals surface area contributed by atoms with Gasteiger partial charge in [-0.1, -0.05) is 6.07 Å². The molecule has 1 aromatic carbocycles. The summed E-state index contributed by atoms with van der Waals surface area (Å²) in [6.07, 6.45) is 2.82. The molecule has 1 amide bonds. The van der Waals surface area contributed by atoms with E-state index in [1.165, 1.54) is 18.9 Å². The Kier molecular flexibility index (Phi) is 6.00. The number of ether oxygens (including phenoxy) is 1. The average Bonchev–Trinajstić information content (AvgIpc) is 3.38. The fourth-order valence-corrected chi connectivity index (χ4v) is 3.70. The fraction of sp³-hybridized carbons (Fsp3) is 0.611. The minimum absolute atomic E-state index is 0.00281. The molecule has 1 heterocycles. The third-order valence-electron chi connectivity index (χ3n) is 4.44. The third kappa shape index (κ3) is 5.11. The van der Waals surface area contributed by atoms with Crippen LogP contribution in [0, 0.1) is 11.7 Å². The number of nitrogens with one attached hydrogen (secondary N) is 2. The summed E-state index contributed by atoms with van der Waals surface area (Å²) in [6.45, 7) is 3.42. The molecule has 1 saturated heterocycles. The van der Waals surface area contributed by atoms with Gasteiger partial charge >= 0.3 is 0 Å². The fourth-order valence-electron chi connectivity index (χ4n) is 2.75. The van der Waals surface area contributed by atoms with E-state index in [0.29, 0.717) is 24.7 Å². The van der Waals surface area contributed by atoms with Crippen LogP contribution in [0.15, 0.2) is 18.2 Å². The van der Waals surface area contributed by atoms with Crippen molar-refractivity contribution in [2.24, 2.45) is 5.92 Å². The summed E-state index contributed by atoms with van der Waals surface area (Å²) >= 11 is 1.87. The van der Waals surface area contributed by atoms with E-state index >= 15 is 0 Å². The molecular weight excluding hydrogens is 327 g/mol. The SMILES string of the molecule is CC(NC(=O)CC1CSCCN1)c1ccc(OCC2CC2)c(F)c1. The molecule has 4 nitrogen and oxygen atoms in total. The van der Waals surface area contributed by atoms with Crippen LogP contribution in [0.3, 0.4) is 0 Å². The minimum atomic E-state index is -0.361. The summed E-state index contributed by atoms with van der Waals surface area (Å²) in [4.78, 5) is 12.2. The molecule has 0 radical (unpaired) electrons. The molecule has 1 aliphatic heterocycles. The van der Waals surface area contributed by atoms with Gasteiger partial charge < -0.3 is 15.4 Å². The van der Waals surface area contributed by atoms with E-state index in [9.17, 15) is 9.18 Å². The van der Waals surface area contributed by atoms with E-state index in [2.05, 4.69) is 10.6 Å². The number of carbonyl (C=O) groups excluding carboxylic acids is 1. The lowest BCUT2D eigenvalue weighted by molar-refractivity contribution is -0.122. The Balaban J connectivity index is 1.50. The molecule has 6 heteroatoms.